The highest BCUT2D eigenvalue weighted by Gasteiger charge is 2.03. The summed E-state index contributed by atoms with van der Waals surface area (Å²) in [5.41, 5.74) is 7.31. The van der Waals surface area contributed by atoms with Crippen molar-refractivity contribution in [3.05, 3.63) is 69.5 Å². The summed E-state index contributed by atoms with van der Waals surface area (Å²) >= 11 is 4.97. The number of aryl methyl sites for hydroxylation is 1. The number of nitrogens with zero attached hydrogens (tertiary/aromatic N) is 2. The lowest BCUT2D eigenvalue weighted by molar-refractivity contribution is 1.29. The summed E-state index contributed by atoms with van der Waals surface area (Å²) < 4.78 is 1.06. The predicted octanol–water partition coefficient (Wildman–Crippen LogP) is 5.33. The first-order chi connectivity index (χ1) is 10.7. The van der Waals surface area contributed by atoms with Crippen LogP contribution in [0.25, 0.3) is 11.3 Å². The standard InChI is InChI=1S/C17H14BrN3S/c1-12-3-2-4-13(9-12)10-19-21-17-20-16(11-22-17)14-5-7-15(18)8-6-14/h2-11H,1H3,(H,20,21)/b19-10+. The Kier molecular flexibility index (Phi) is 4.65. The normalized spacial score (nSPS) is 11.0. The van der Waals surface area contributed by atoms with E-state index >= 15 is 0 Å². The van der Waals surface area contributed by atoms with Crippen LogP contribution in [0.3, 0.4) is 0 Å². The lowest BCUT2D eigenvalue weighted by atomic mass is 10.2. The molecule has 2 aromatic carbocycles. The van der Waals surface area contributed by atoms with Gasteiger partial charge in [0, 0.05) is 15.4 Å². The molecule has 0 radical (unpaired) electrons. The zero-order chi connectivity index (χ0) is 15.4. The molecule has 0 unspecified atom stereocenters. The number of nitrogens with one attached hydrogen (secondary N) is 1. The Morgan fingerprint density at radius 2 is 2.00 bits per heavy atom. The van der Waals surface area contributed by atoms with E-state index in [-0.39, 0.29) is 0 Å². The predicted molar refractivity (Wildman–Crippen MR) is 97.6 cm³/mol. The molecule has 0 saturated heterocycles. The largest absolute Gasteiger partial charge is 0.253 e. The summed E-state index contributed by atoms with van der Waals surface area (Å²) in [4.78, 5) is 4.54. The van der Waals surface area contributed by atoms with Gasteiger partial charge in [0.05, 0.1) is 11.9 Å². The summed E-state index contributed by atoms with van der Waals surface area (Å²) in [6.45, 7) is 2.07. The van der Waals surface area contributed by atoms with E-state index in [9.17, 15) is 0 Å². The monoisotopic (exact) mass is 371 g/mol. The molecule has 0 aliphatic carbocycles. The molecule has 1 N–H and O–H groups in total. The third kappa shape index (κ3) is 3.81. The zero-order valence-electron chi connectivity index (χ0n) is 12.0. The van der Waals surface area contributed by atoms with Gasteiger partial charge in [-0.2, -0.15) is 5.10 Å². The van der Waals surface area contributed by atoms with E-state index in [0.717, 1.165) is 26.4 Å². The third-order valence-corrected chi connectivity index (χ3v) is 4.34. The fraction of sp³-hybridized carbons (Fsp3) is 0.0588. The first-order valence-corrected chi connectivity index (χ1v) is 8.45. The first kappa shape index (κ1) is 14.9. The Morgan fingerprint density at radius 1 is 1.18 bits per heavy atom. The summed E-state index contributed by atoms with van der Waals surface area (Å²) in [5.74, 6) is 0. The highest BCUT2D eigenvalue weighted by molar-refractivity contribution is 9.10. The molecule has 3 aromatic rings. The maximum Gasteiger partial charge on any atom is 0.203 e. The van der Waals surface area contributed by atoms with Crippen molar-refractivity contribution < 1.29 is 0 Å². The van der Waals surface area contributed by atoms with Crippen molar-refractivity contribution in [2.24, 2.45) is 5.10 Å². The van der Waals surface area contributed by atoms with E-state index < -0.39 is 0 Å². The van der Waals surface area contributed by atoms with Crippen LogP contribution in [-0.4, -0.2) is 11.2 Å². The van der Waals surface area contributed by atoms with Crippen molar-refractivity contribution in [2.75, 3.05) is 5.43 Å². The Balaban J connectivity index is 1.68. The van der Waals surface area contributed by atoms with Crippen LogP contribution in [0.15, 0.2) is 63.5 Å². The van der Waals surface area contributed by atoms with Gasteiger partial charge in [-0.25, -0.2) is 4.98 Å². The van der Waals surface area contributed by atoms with Crippen LogP contribution < -0.4 is 5.43 Å². The highest BCUT2D eigenvalue weighted by atomic mass is 79.9. The molecule has 0 atom stereocenters. The molecule has 0 aliphatic rings. The quantitative estimate of drug-likeness (QED) is 0.497. The van der Waals surface area contributed by atoms with Crippen LogP contribution in [-0.2, 0) is 0 Å². The van der Waals surface area contributed by atoms with Gasteiger partial charge in [0.15, 0.2) is 0 Å². The second-order valence-corrected chi connectivity index (χ2v) is 6.60. The van der Waals surface area contributed by atoms with Crippen LogP contribution in [0.5, 0.6) is 0 Å². The van der Waals surface area contributed by atoms with Crippen molar-refractivity contribution in [1.82, 2.24) is 4.98 Å². The molecule has 0 aliphatic heterocycles. The fourth-order valence-corrected chi connectivity index (χ4v) is 2.92. The third-order valence-electron chi connectivity index (χ3n) is 3.06. The van der Waals surface area contributed by atoms with Gasteiger partial charge in [-0.15, -0.1) is 11.3 Å². The smallest absolute Gasteiger partial charge is 0.203 e. The van der Waals surface area contributed by atoms with E-state index in [2.05, 4.69) is 50.5 Å². The highest BCUT2D eigenvalue weighted by Crippen LogP contribution is 2.25. The van der Waals surface area contributed by atoms with Crippen molar-refractivity contribution in [2.45, 2.75) is 6.92 Å². The summed E-state index contributed by atoms with van der Waals surface area (Å²) in [5, 5.41) is 7.04. The lowest BCUT2D eigenvalue weighted by Gasteiger charge is -1.97. The van der Waals surface area contributed by atoms with Gasteiger partial charge in [0.1, 0.15) is 0 Å². The minimum atomic E-state index is 0.779. The second kappa shape index (κ2) is 6.85. The topological polar surface area (TPSA) is 37.3 Å². The van der Waals surface area contributed by atoms with Crippen molar-refractivity contribution in [3.8, 4) is 11.3 Å². The Morgan fingerprint density at radius 3 is 2.77 bits per heavy atom. The Bertz CT molecular complexity index is 794. The molecule has 0 spiro atoms. The number of benzene rings is 2. The molecule has 0 fully saturated rings. The van der Waals surface area contributed by atoms with Gasteiger partial charge in [-0.05, 0) is 24.6 Å². The number of thiazole rings is 1. The van der Waals surface area contributed by atoms with Gasteiger partial charge in [0.25, 0.3) is 0 Å². The molecule has 1 heterocycles. The molecule has 0 bridgehead atoms. The maximum absolute atomic E-state index is 4.54. The molecule has 110 valence electrons. The van der Waals surface area contributed by atoms with E-state index in [1.165, 1.54) is 16.9 Å². The number of hydrazone groups is 1. The number of rotatable bonds is 4. The van der Waals surface area contributed by atoms with Crippen molar-refractivity contribution >= 4 is 38.6 Å². The Hall–Kier alpha value is -1.98. The number of anilines is 1. The average molecular weight is 372 g/mol. The van der Waals surface area contributed by atoms with Gasteiger partial charge >= 0.3 is 0 Å². The molecular weight excluding hydrogens is 358 g/mol. The molecule has 3 rings (SSSR count). The SMILES string of the molecule is Cc1cccc(/C=N/Nc2nc(-c3ccc(Br)cc3)cs2)c1. The average Bonchev–Trinajstić information content (AvgIpc) is 2.97. The van der Waals surface area contributed by atoms with Crippen LogP contribution in [0, 0.1) is 6.92 Å². The van der Waals surface area contributed by atoms with E-state index in [4.69, 9.17) is 0 Å². The minimum Gasteiger partial charge on any atom is -0.253 e. The number of hydrogen-bond donors (Lipinski definition) is 1. The summed E-state index contributed by atoms with van der Waals surface area (Å²) in [7, 11) is 0. The lowest BCUT2D eigenvalue weighted by Crippen LogP contribution is -1.90. The van der Waals surface area contributed by atoms with Gasteiger partial charge in [-0.3, -0.25) is 5.43 Å². The Labute approximate surface area is 141 Å². The second-order valence-electron chi connectivity index (χ2n) is 4.83. The number of aromatic nitrogens is 1. The molecule has 1 aromatic heterocycles. The van der Waals surface area contributed by atoms with Crippen LogP contribution in [0.1, 0.15) is 11.1 Å². The summed E-state index contributed by atoms with van der Waals surface area (Å²) in [6, 6.07) is 16.3. The van der Waals surface area contributed by atoms with Crippen molar-refractivity contribution in [1.29, 1.82) is 0 Å². The van der Waals surface area contributed by atoms with Crippen LogP contribution >= 0.6 is 27.3 Å². The molecule has 5 heteroatoms. The number of halogens is 1. The first-order valence-electron chi connectivity index (χ1n) is 6.78. The molecular formula is C17H14BrN3S. The molecule has 3 nitrogen and oxygen atoms in total. The minimum absolute atomic E-state index is 0.779. The van der Waals surface area contributed by atoms with Crippen molar-refractivity contribution in [3.63, 3.8) is 0 Å². The zero-order valence-corrected chi connectivity index (χ0v) is 14.4. The fourth-order valence-electron chi connectivity index (χ4n) is 1.99. The van der Waals surface area contributed by atoms with E-state index in [1.807, 2.05) is 41.8 Å². The van der Waals surface area contributed by atoms with E-state index in [0.29, 0.717) is 0 Å². The molecule has 0 saturated carbocycles. The van der Waals surface area contributed by atoms with Gasteiger partial charge < -0.3 is 0 Å². The van der Waals surface area contributed by atoms with Crippen LogP contribution in [0.4, 0.5) is 5.13 Å². The molecule has 22 heavy (non-hydrogen) atoms. The van der Waals surface area contributed by atoms with E-state index in [1.54, 1.807) is 6.21 Å². The van der Waals surface area contributed by atoms with Gasteiger partial charge in [-0.1, -0.05) is 57.9 Å². The van der Waals surface area contributed by atoms with Gasteiger partial charge in [0.2, 0.25) is 5.13 Å². The maximum atomic E-state index is 4.54. The van der Waals surface area contributed by atoms with Crippen LogP contribution in [0.2, 0.25) is 0 Å². The molecule has 0 amide bonds. The number of hydrogen-bond acceptors (Lipinski definition) is 4. The summed E-state index contributed by atoms with van der Waals surface area (Å²) in [6.07, 6.45) is 1.80.